The molecule has 2 aromatic rings. The van der Waals surface area contributed by atoms with Crippen molar-refractivity contribution in [1.29, 1.82) is 0 Å². The number of carbonyl (C=O) groups is 1. The first-order valence-corrected chi connectivity index (χ1v) is 8.55. The Balaban J connectivity index is 1.91. The molecule has 0 saturated carbocycles. The number of benzene rings is 1. The summed E-state index contributed by atoms with van der Waals surface area (Å²) in [6.07, 6.45) is 2.43. The van der Waals surface area contributed by atoms with E-state index in [0.29, 0.717) is 18.9 Å². The zero-order valence-corrected chi connectivity index (χ0v) is 12.8. The third kappa shape index (κ3) is 2.96. The monoisotopic (exact) mass is 341 g/mol. The summed E-state index contributed by atoms with van der Waals surface area (Å²) in [5.74, 6) is -2.38. The molecule has 1 saturated heterocycles. The van der Waals surface area contributed by atoms with E-state index < -0.39 is 27.6 Å². The Morgan fingerprint density at radius 2 is 1.96 bits per heavy atom. The first kappa shape index (κ1) is 15.6. The molecule has 1 aliphatic rings. The molecule has 1 aromatic heterocycles. The maximum atomic E-state index is 13.7. The Kier molecular flexibility index (Phi) is 3.88. The summed E-state index contributed by atoms with van der Waals surface area (Å²) < 4.78 is 52.4. The summed E-state index contributed by atoms with van der Waals surface area (Å²) in [5, 5.41) is 3.91. The third-order valence-corrected chi connectivity index (χ3v) is 5.37. The summed E-state index contributed by atoms with van der Waals surface area (Å²) >= 11 is 0. The van der Waals surface area contributed by atoms with Crippen LogP contribution in [0.5, 0.6) is 0 Å². The smallest absolute Gasteiger partial charge is 0.266 e. The number of rotatable bonds is 2. The molecule has 2 heterocycles. The van der Waals surface area contributed by atoms with Crippen molar-refractivity contribution in [2.75, 3.05) is 12.3 Å². The summed E-state index contributed by atoms with van der Waals surface area (Å²) in [6, 6.07) is 4.25. The highest BCUT2D eigenvalue weighted by atomic mass is 32.2. The van der Waals surface area contributed by atoms with Gasteiger partial charge in [0.25, 0.3) is 5.91 Å². The molecule has 0 unspecified atom stereocenters. The molecule has 23 heavy (non-hydrogen) atoms. The largest absolute Gasteiger partial charge is 0.287 e. The van der Waals surface area contributed by atoms with Crippen LogP contribution in [0.2, 0.25) is 0 Å². The summed E-state index contributed by atoms with van der Waals surface area (Å²) in [7, 11) is -3.63. The van der Waals surface area contributed by atoms with E-state index in [0.717, 1.165) is 15.1 Å². The minimum atomic E-state index is -3.63. The standard InChI is InChI=1S/C14H13F2N3O3S/c15-10-3-4-13(11(16)9-10)18-7-5-12(17-18)14(20)19-6-1-2-8-23(19,21)22/h3-5,7,9H,1-2,6,8H2. The Hall–Kier alpha value is -2.29. The molecule has 0 radical (unpaired) electrons. The predicted octanol–water partition coefficient (Wildman–Crippen LogP) is 1.72. The maximum Gasteiger partial charge on any atom is 0.287 e. The Morgan fingerprint density at radius 3 is 2.65 bits per heavy atom. The molecule has 122 valence electrons. The first-order chi connectivity index (χ1) is 10.9. The van der Waals surface area contributed by atoms with Gasteiger partial charge in [0, 0.05) is 18.8 Å². The second kappa shape index (κ2) is 5.73. The van der Waals surface area contributed by atoms with Crippen molar-refractivity contribution in [3.8, 4) is 5.69 Å². The minimum absolute atomic E-state index is 0.0352. The van der Waals surface area contributed by atoms with Crippen molar-refractivity contribution < 1.29 is 22.0 Å². The molecule has 6 nitrogen and oxygen atoms in total. The van der Waals surface area contributed by atoms with E-state index in [4.69, 9.17) is 0 Å². The quantitative estimate of drug-likeness (QED) is 0.834. The average Bonchev–Trinajstić information content (AvgIpc) is 2.95. The fraction of sp³-hybridized carbons (Fsp3) is 0.286. The number of amides is 1. The molecule has 1 amide bonds. The number of halogens is 2. The van der Waals surface area contributed by atoms with E-state index >= 15 is 0 Å². The fourth-order valence-corrected chi connectivity index (χ4v) is 3.93. The summed E-state index contributed by atoms with van der Waals surface area (Å²) in [4.78, 5) is 12.3. The van der Waals surface area contributed by atoms with Gasteiger partial charge in [-0.3, -0.25) is 4.79 Å². The van der Waals surface area contributed by atoms with Crippen LogP contribution in [0.25, 0.3) is 5.69 Å². The number of sulfonamides is 1. The van der Waals surface area contributed by atoms with Crippen LogP contribution in [0.3, 0.4) is 0 Å². The molecule has 1 fully saturated rings. The van der Waals surface area contributed by atoms with Crippen LogP contribution in [0, 0.1) is 11.6 Å². The normalized spacial score (nSPS) is 17.2. The van der Waals surface area contributed by atoms with Crippen LogP contribution in [0.15, 0.2) is 30.5 Å². The van der Waals surface area contributed by atoms with Crippen LogP contribution in [-0.4, -0.2) is 40.7 Å². The number of hydrogen-bond acceptors (Lipinski definition) is 4. The van der Waals surface area contributed by atoms with Gasteiger partial charge in [-0.2, -0.15) is 5.10 Å². The summed E-state index contributed by atoms with van der Waals surface area (Å²) in [6.45, 7) is 0.110. The number of hydrogen-bond donors (Lipinski definition) is 0. The predicted molar refractivity (Wildman–Crippen MR) is 77.5 cm³/mol. The van der Waals surface area contributed by atoms with Gasteiger partial charge < -0.3 is 0 Å². The van der Waals surface area contributed by atoms with Crippen LogP contribution in [0.1, 0.15) is 23.3 Å². The average molecular weight is 341 g/mol. The van der Waals surface area contributed by atoms with E-state index in [1.54, 1.807) is 0 Å². The second-order valence-corrected chi connectivity index (χ2v) is 7.15. The molecule has 9 heteroatoms. The fourth-order valence-electron chi connectivity index (χ4n) is 2.38. The number of aromatic nitrogens is 2. The second-order valence-electron chi connectivity index (χ2n) is 5.14. The van der Waals surface area contributed by atoms with Crippen LogP contribution >= 0.6 is 0 Å². The van der Waals surface area contributed by atoms with Gasteiger partial charge >= 0.3 is 0 Å². The molecule has 0 N–H and O–H groups in total. The molecule has 0 atom stereocenters. The van der Waals surface area contributed by atoms with Crippen molar-refractivity contribution >= 4 is 15.9 Å². The van der Waals surface area contributed by atoms with Crippen LogP contribution < -0.4 is 0 Å². The minimum Gasteiger partial charge on any atom is -0.266 e. The molecular weight excluding hydrogens is 328 g/mol. The van der Waals surface area contributed by atoms with Crippen LogP contribution in [0.4, 0.5) is 8.78 Å². The topological polar surface area (TPSA) is 72.3 Å². The molecule has 0 bridgehead atoms. The van der Waals surface area contributed by atoms with Gasteiger partial charge in [-0.05, 0) is 31.0 Å². The molecule has 0 aliphatic carbocycles. The Bertz CT molecular complexity index is 864. The van der Waals surface area contributed by atoms with Gasteiger partial charge in [-0.25, -0.2) is 26.2 Å². The highest BCUT2D eigenvalue weighted by Gasteiger charge is 2.32. The van der Waals surface area contributed by atoms with Gasteiger partial charge in [-0.15, -0.1) is 0 Å². The van der Waals surface area contributed by atoms with E-state index in [-0.39, 0.29) is 23.7 Å². The van der Waals surface area contributed by atoms with E-state index in [9.17, 15) is 22.0 Å². The SMILES string of the molecule is O=C(c1ccn(-c2ccc(F)cc2F)n1)N1CCCCS1(=O)=O. The lowest BCUT2D eigenvalue weighted by molar-refractivity contribution is 0.0849. The first-order valence-electron chi connectivity index (χ1n) is 6.94. The Morgan fingerprint density at radius 1 is 1.17 bits per heavy atom. The molecular formula is C14H13F2N3O3S. The maximum absolute atomic E-state index is 13.7. The molecule has 1 aliphatic heterocycles. The molecule has 0 spiro atoms. The van der Waals surface area contributed by atoms with E-state index in [1.807, 2.05) is 0 Å². The van der Waals surface area contributed by atoms with Gasteiger partial charge in [0.15, 0.2) is 11.5 Å². The van der Waals surface area contributed by atoms with E-state index in [2.05, 4.69) is 5.10 Å². The van der Waals surface area contributed by atoms with Gasteiger partial charge in [0.05, 0.1) is 5.75 Å². The third-order valence-electron chi connectivity index (χ3n) is 3.54. The van der Waals surface area contributed by atoms with Crippen molar-refractivity contribution in [2.45, 2.75) is 12.8 Å². The lowest BCUT2D eigenvalue weighted by Gasteiger charge is -2.25. The molecule has 1 aromatic carbocycles. The van der Waals surface area contributed by atoms with Gasteiger partial charge in [0.2, 0.25) is 10.0 Å². The summed E-state index contributed by atoms with van der Waals surface area (Å²) in [5.41, 5.74) is -0.147. The van der Waals surface area contributed by atoms with Crippen molar-refractivity contribution in [1.82, 2.24) is 14.1 Å². The number of carbonyl (C=O) groups excluding carboxylic acids is 1. The van der Waals surface area contributed by atoms with Crippen LogP contribution in [-0.2, 0) is 10.0 Å². The van der Waals surface area contributed by atoms with Crippen molar-refractivity contribution in [3.63, 3.8) is 0 Å². The number of nitrogens with zero attached hydrogens (tertiary/aromatic N) is 3. The van der Waals surface area contributed by atoms with Crippen molar-refractivity contribution in [3.05, 3.63) is 47.8 Å². The Labute approximate surface area is 131 Å². The van der Waals surface area contributed by atoms with Crippen molar-refractivity contribution in [2.24, 2.45) is 0 Å². The highest BCUT2D eigenvalue weighted by Crippen LogP contribution is 2.18. The zero-order valence-electron chi connectivity index (χ0n) is 11.9. The molecule has 3 rings (SSSR count). The lowest BCUT2D eigenvalue weighted by atomic mass is 10.3. The van der Waals surface area contributed by atoms with Gasteiger partial charge in [0.1, 0.15) is 11.5 Å². The van der Waals surface area contributed by atoms with E-state index in [1.165, 1.54) is 18.3 Å². The zero-order chi connectivity index (χ0) is 16.6. The van der Waals surface area contributed by atoms with Gasteiger partial charge in [-0.1, -0.05) is 0 Å². The lowest BCUT2D eigenvalue weighted by Crippen LogP contribution is -2.42. The highest BCUT2D eigenvalue weighted by molar-refractivity contribution is 7.89.